The number of carbonyl (C=O) groups excluding carboxylic acids is 1. The molecule has 9 heteroatoms. The summed E-state index contributed by atoms with van der Waals surface area (Å²) in [6.45, 7) is 2.84. The van der Waals surface area contributed by atoms with Crippen molar-refractivity contribution in [1.29, 1.82) is 0 Å². The van der Waals surface area contributed by atoms with Crippen molar-refractivity contribution in [1.82, 2.24) is 14.9 Å². The maximum atomic E-state index is 12.7. The fraction of sp³-hybridized carbons (Fsp3) is 0.476. The third-order valence-corrected chi connectivity index (χ3v) is 7.03. The SMILES string of the molecule is COc1ccccc1[C@H](CNC(=O)c1ccc(CCNS(C)(=O)=O)s1)N1CCCC1. The minimum atomic E-state index is -3.20. The Balaban J connectivity index is 1.63. The number of hydrogen-bond acceptors (Lipinski definition) is 6. The van der Waals surface area contributed by atoms with Gasteiger partial charge in [0.15, 0.2) is 0 Å². The van der Waals surface area contributed by atoms with Crippen LogP contribution in [0.25, 0.3) is 0 Å². The van der Waals surface area contributed by atoms with Gasteiger partial charge in [-0.1, -0.05) is 18.2 Å². The first-order valence-corrected chi connectivity index (χ1v) is 12.8. The lowest BCUT2D eigenvalue weighted by molar-refractivity contribution is 0.0941. The number of hydrogen-bond donors (Lipinski definition) is 2. The first-order chi connectivity index (χ1) is 14.4. The van der Waals surface area contributed by atoms with E-state index >= 15 is 0 Å². The zero-order valence-electron chi connectivity index (χ0n) is 17.4. The van der Waals surface area contributed by atoms with Crippen molar-refractivity contribution in [2.24, 2.45) is 0 Å². The summed E-state index contributed by atoms with van der Waals surface area (Å²) in [5.74, 6) is 0.724. The number of nitrogens with one attached hydrogen (secondary N) is 2. The van der Waals surface area contributed by atoms with Gasteiger partial charge in [0.1, 0.15) is 5.75 Å². The lowest BCUT2D eigenvalue weighted by atomic mass is 10.0. The molecule has 1 atom stereocenters. The standard InChI is InChI=1S/C21H29N3O4S2/c1-28-19-8-4-3-7-17(19)18(24-13-5-6-14-24)15-22-21(25)20-10-9-16(29-20)11-12-23-30(2,26)27/h3-4,7-10,18,23H,5-6,11-15H2,1-2H3,(H,22,25)/t18-/m0/s1. The van der Waals surface area contributed by atoms with Gasteiger partial charge in [-0.2, -0.15) is 0 Å². The zero-order chi connectivity index (χ0) is 21.6. The summed E-state index contributed by atoms with van der Waals surface area (Å²) in [5.41, 5.74) is 1.08. The van der Waals surface area contributed by atoms with Crippen LogP contribution in [0.4, 0.5) is 0 Å². The zero-order valence-corrected chi connectivity index (χ0v) is 19.0. The first-order valence-electron chi connectivity index (χ1n) is 10.1. The van der Waals surface area contributed by atoms with Gasteiger partial charge in [0.05, 0.1) is 24.3 Å². The van der Waals surface area contributed by atoms with E-state index in [1.54, 1.807) is 13.2 Å². The van der Waals surface area contributed by atoms with Crippen LogP contribution in [0.2, 0.25) is 0 Å². The molecule has 0 aliphatic carbocycles. The lowest BCUT2D eigenvalue weighted by Gasteiger charge is -2.29. The molecule has 0 spiro atoms. The topological polar surface area (TPSA) is 87.7 Å². The van der Waals surface area contributed by atoms with Gasteiger partial charge in [-0.15, -0.1) is 11.3 Å². The molecular weight excluding hydrogens is 422 g/mol. The molecule has 0 radical (unpaired) electrons. The fourth-order valence-corrected chi connectivity index (χ4v) is 5.10. The summed E-state index contributed by atoms with van der Waals surface area (Å²) >= 11 is 1.39. The maximum Gasteiger partial charge on any atom is 0.261 e. The summed E-state index contributed by atoms with van der Waals surface area (Å²) in [4.78, 5) is 16.7. The highest BCUT2D eigenvalue weighted by Crippen LogP contribution is 2.31. The van der Waals surface area contributed by atoms with E-state index in [2.05, 4.69) is 21.0 Å². The van der Waals surface area contributed by atoms with Gasteiger partial charge >= 0.3 is 0 Å². The van der Waals surface area contributed by atoms with E-state index in [1.165, 1.54) is 11.3 Å². The Labute approximate surface area is 182 Å². The van der Waals surface area contributed by atoms with Crippen molar-refractivity contribution in [3.63, 3.8) is 0 Å². The van der Waals surface area contributed by atoms with Crippen LogP contribution < -0.4 is 14.8 Å². The third kappa shape index (κ3) is 6.28. The number of ether oxygens (including phenoxy) is 1. The Kier molecular flexibility index (Phi) is 7.87. The molecule has 1 aliphatic heterocycles. The van der Waals surface area contributed by atoms with E-state index < -0.39 is 10.0 Å². The number of rotatable bonds is 10. The van der Waals surface area contributed by atoms with Gasteiger partial charge in [0.25, 0.3) is 5.91 Å². The van der Waals surface area contributed by atoms with Gasteiger partial charge in [-0.25, -0.2) is 13.1 Å². The molecule has 2 heterocycles. The largest absolute Gasteiger partial charge is 0.496 e. The van der Waals surface area contributed by atoms with Gasteiger partial charge in [0.2, 0.25) is 10.0 Å². The van der Waals surface area contributed by atoms with Crippen molar-refractivity contribution in [3.05, 3.63) is 51.7 Å². The Morgan fingerprint density at radius 3 is 2.63 bits per heavy atom. The summed E-state index contributed by atoms with van der Waals surface area (Å²) in [6, 6.07) is 11.7. The number of methoxy groups -OCH3 is 1. The molecule has 0 bridgehead atoms. The number of benzene rings is 1. The molecule has 1 saturated heterocycles. The number of likely N-dealkylation sites (tertiary alicyclic amines) is 1. The minimum Gasteiger partial charge on any atom is -0.496 e. The average Bonchev–Trinajstić information content (AvgIpc) is 3.40. The van der Waals surface area contributed by atoms with Crippen LogP contribution in [0.15, 0.2) is 36.4 Å². The Morgan fingerprint density at radius 2 is 1.93 bits per heavy atom. The lowest BCUT2D eigenvalue weighted by Crippen LogP contribution is -2.36. The second-order valence-electron chi connectivity index (χ2n) is 7.39. The molecule has 1 fully saturated rings. The normalized spacial score (nSPS) is 15.8. The molecule has 2 aromatic rings. The molecule has 1 aromatic carbocycles. The number of carbonyl (C=O) groups is 1. The molecule has 1 amide bonds. The number of amides is 1. The molecule has 0 saturated carbocycles. The highest BCUT2D eigenvalue weighted by Gasteiger charge is 2.26. The molecule has 1 aromatic heterocycles. The molecule has 1 aliphatic rings. The van der Waals surface area contributed by atoms with Crippen LogP contribution >= 0.6 is 11.3 Å². The second-order valence-corrected chi connectivity index (χ2v) is 10.4. The van der Waals surface area contributed by atoms with Crippen LogP contribution in [-0.2, 0) is 16.4 Å². The number of thiophene rings is 1. The molecule has 2 N–H and O–H groups in total. The molecule has 164 valence electrons. The minimum absolute atomic E-state index is 0.0611. The van der Waals surface area contributed by atoms with Crippen molar-refractivity contribution in [2.45, 2.75) is 25.3 Å². The van der Waals surface area contributed by atoms with Crippen LogP contribution in [0, 0.1) is 0 Å². The summed E-state index contributed by atoms with van der Waals surface area (Å²) in [6.07, 6.45) is 4.02. The maximum absolute atomic E-state index is 12.7. The molecule has 3 rings (SSSR count). The van der Waals surface area contributed by atoms with Crippen LogP contribution in [-0.4, -0.2) is 58.8 Å². The predicted molar refractivity (Wildman–Crippen MR) is 120 cm³/mol. The Hall–Kier alpha value is -1.94. The highest BCUT2D eigenvalue weighted by molar-refractivity contribution is 7.88. The second kappa shape index (κ2) is 10.4. The van der Waals surface area contributed by atoms with Crippen LogP contribution in [0.3, 0.4) is 0 Å². The highest BCUT2D eigenvalue weighted by atomic mass is 32.2. The van der Waals surface area contributed by atoms with E-state index in [1.807, 2.05) is 24.3 Å². The van der Waals surface area contributed by atoms with E-state index in [0.29, 0.717) is 24.4 Å². The number of nitrogens with zero attached hydrogens (tertiary/aromatic N) is 1. The van der Waals surface area contributed by atoms with Crippen molar-refractivity contribution >= 4 is 27.3 Å². The van der Waals surface area contributed by atoms with E-state index in [9.17, 15) is 13.2 Å². The van der Waals surface area contributed by atoms with E-state index in [0.717, 1.165) is 48.4 Å². The van der Waals surface area contributed by atoms with Gasteiger partial charge in [-0.3, -0.25) is 9.69 Å². The smallest absolute Gasteiger partial charge is 0.261 e. The quantitative estimate of drug-likeness (QED) is 0.579. The number of sulfonamides is 1. The third-order valence-electron chi connectivity index (χ3n) is 5.16. The van der Waals surface area contributed by atoms with E-state index in [4.69, 9.17) is 4.74 Å². The van der Waals surface area contributed by atoms with E-state index in [-0.39, 0.29) is 11.9 Å². The van der Waals surface area contributed by atoms with Crippen molar-refractivity contribution in [2.75, 3.05) is 39.5 Å². The van der Waals surface area contributed by atoms with Crippen LogP contribution in [0.5, 0.6) is 5.75 Å². The van der Waals surface area contributed by atoms with Crippen molar-refractivity contribution < 1.29 is 17.9 Å². The Morgan fingerprint density at radius 1 is 1.20 bits per heavy atom. The molecule has 30 heavy (non-hydrogen) atoms. The van der Waals surface area contributed by atoms with Gasteiger partial charge < -0.3 is 10.1 Å². The summed E-state index contributed by atoms with van der Waals surface area (Å²) < 4.78 is 30.4. The molecular formula is C21H29N3O4S2. The average molecular weight is 452 g/mol. The Bertz CT molecular complexity index is 953. The monoisotopic (exact) mass is 451 g/mol. The first kappa shape index (κ1) is 22.7. The molecule has 0 unspecified atom stereocenters. The summed E-state index contributed by atoms with van der Waals surface area (Å²) in [5, 5.41) is 3.08. The van der Waals surface area contributed by atoms with Crippen LogP contribution in [0.1, 0.15) is 39.0 Å². The molecule has 7 nitrogen and oxygen atoms in total. The fourth-order valence-electron chi connectivity index (χ4n) is 3.70. The van der Waals surface area contributed by atoms with Crippen molar-refractivity contribution in [3.8, 4) is 5.75 Å². The number of para-hydroxylation sites is 1. The summed E-state index contributed by atoms with van der Waals surface area (Å²) in [7, 11) is -1.53. The predicted octanol–water partition coefficient (Wildman–Crippen LogP) is 2.42. The van der Waals surface area contributed by atoms with Gasteiger partial charge in [0, 0.05) is 23.5 Å². The van der Waals surface area contributed by atoms with Gasteiger partial charge in [-0.05, 0) is 50.6 Å².